The average Bonchev–Trinajstić information content (AvgIpc) is 2.84. The summed E-state index contributed by atoms with van der Waals surface area (Å²) in [5.74, 6) is -0.480. The Hall–Kier alpha value is -2.53. The van der Waals surface area contributed by atoms with Crippen molar-refractivity contribution in [2.75, 3.05) is 31.6 Å². The van der Waals surface area contributed by atoms with Crippen LogP contribution in [-0.4, -0.2) is 60.3 Å². The van der Waals surface area contributed by atoms with Crippen LogP contribution in [0.25, 0.3) is 0 Å². The SMILES string of the molecule is CCN(CC)C(=O)[C@H]1CCCN(S(=O)(=O)c2cc([N+](=O)[O-])ccc2NN=C2CCCCCCC2)C1. The van der Waals surface area contributed by atoms with Crippen LogP contribution in [0.3, 0.4) is 0 Å². The molecule has 3 rings (SSSR count). The Balaban J connectivity index is 1.89. The van der Waals surface area contributed by atoms with Gasteiger partial charge in [-0.15, -0.1) is 0 Å². The molecule has 0 aromatic heterocycles. The van der Waals surface area contributed by atoms with E-state index in [2.05, 4.69) is 10.5 Å². The van der Waals surface area contributed by atoms with E-state index in [1.165, 1.54) is 22.9 Å². The van der Waals surface area contributed by atoms with Crippen LogP contribution in [0.1, 0.15) is 71.6 Å². The van der Waals surface area contributed by atoms with Gasteiger partial charge in [-0.1, -0.05) is 19.3 Å². The molecule has 1 aromatic rings. The van der Waals surface area contributed by atoms with Gasteiger partial charge in [-0.3, -0.25) is 20.3 Å². The number of carbonyl (C=O) groups is 1. The number of hydrogen-bond donors (Lipinski definition) is 1. The number of rotatable bonds is 8. The zero-order valence-corrected chi connectivity index (χ0v) is 21.6. The number of hydrogen-bond acceptors (Lipinski definition) is 7. The first-order valence-corrected chi connectivity index (χ1v) is 14.1. The lowest BCUT2D eigenvalue weighted by atomic mass is 9.98. The summed E-state index contributed by atoms with van der Waals surface area (Å²) in [6.45, 7) is 5.26. The highest BCUT2D eigenvalue weighted by atomic mass is 32.2. The maximum atomic E-state index is 13.7. The maximum absolute atomic E-state index is 13.7. The van der Waals surface area contributed by atoms with Gasteiger partial charge in [0.15, 0.2) is 0 Å². The Labute approximate surface area is 207 Å². The molecule has 0 radical (unpaired) electrons. The molecule has 2 aliphatic rings. The van der Waals surface area contributed by atoms with E-state index >= 15 is 0 Å². The number of nitrogens with zero attached hydrogens (tertiary/aromatic N) is 4. The number of nitrogens with one attached hydrogen (secondary N) is 1. The number of anilines is 1. The van der Waals surface area contributed by atoms with Crippen LogP contribution in [0.15, 0.2) is 28.2 Å². The van der Waals surface area contributed by atoms with E-state index in [9.17, 15) is 23.3 Å². The molecule has 1 aliphatic carbocycles. The van der Waals surface area contributed by atoms with Gasteiger partial charge in [-0.25, -0.2) is 8.42 Å². The Morgan fingerprint density at radius 1 is 1.14 bits per heavy atom. The molecule has 11 heteroatoms. The molecule has 0 unspecified atom stereocenters. The molecular weight excluding hydrogens is 470 g/mol. The molecule has 0 spiro atoms. The molecule has 1 N–H and O–H groups in total. The van der Waals surface area contributed by atoms with E-state index in [0.717, 1.165) is 50.3 Å². The van der Waals surface area contributed by atoms with Gasteiger partial charge < -0.3 is 4.90 Å². The van der Waals surface area contributed by atoms with Crippen LogP contribution in [0.5, 0.6) is 0 Å². The fraction of sp³-hybridized carbons (Fsp3) is 0.667. The fourth-order valence-electron chi connectivity index (χ4n) is 4.79. The van der Waals surface area contributed by atoms with Crippen molar-refractivity contribution in [3.8, 4) is 0 Å². The van der Waals surface area contributed by atoms with E-state index in [4.69, 9.17) is 0 Å². The van der Waals surface area contributed by atoms with Crippen LogP contribution < -0.4 is 5.43 Å². The van der Waals surface area contributed by atoms with Crippen molar-refractivity contribution in [3.63, 3.8) is 0 Å². The number of hydrazone groups is 1. The molecule has 1 saturated heterocycles. The van der Waals surface area contributed by atoms with Crippen molar-refractivity contribution in [3.05, 3.63) is 28.3 Å². The second-order valence-corrected chi connectivity index (χ2v) is 11.1. The summed E-state index contributed by atoms with van der Waals surface area (Å²) in [6, 6.07) is 3.77. The van der Waals surface area contributed by atoms with Crippen molar-refractivity contribution < 1.29 is 18.1 Å². The molecule has 194 valence electrons. The molecule has 1 aliphatic heterocycles. The van der Waals surface area contributed by atoms with Gasteiger partial charge in [-0.2, -0.15) is 9.41 Å². The molecular formula is C24H37N5O5S. The molecule has 0 bridgehead atoms. The zero-order valence-electron chi connectivity index (χ0n) is 20.7. The van der Waals surface area contributed by atoms with E-state index in [-0.39, 0.29) is 35.3 Å². The Kier molecular flexibility index (Phi) is 9.62. The van der Waals surface area contributed by atoms with Crippen molar-refractivity contribution >= 4 is 33.0 Å². The number of sulfonamides is 1. The first kappa shape index (κ1) is 27.1. The largest absolute Gasteiger partial charge is 0.343 e. The second kappa shape index (κ2) is 12.4. The lowest BCUT2D eigenvalue weighted by Crippen LogP contribution is -2.46. The Bertz CT molecular complexity index is 1030. The van der Waals surface area contributed by atoms with Crippen molar-refractivity contribution in [1.82, 2.24) is 9.21 Å². The number of non-ortho nitro benzene ring substituents is 1. The first-order chi connectivity index (χ1) is 16.8. The minimum Gasteiger partial charge on any atom is -0.343 e. The summed E-state index contributed by atoms with van der Waals surface area (Å²) in [5, 5.41) is 15.9. The van der Waals surface area contributed by atoms with E-state index in [1.807, 2.05) is 13.8 Å². The third-order valence-electron chi connectivity index (χ3n) is 6.87. The highest BCUT2D eigenvalue weighted by molar-refractivity contribution is 7.89. The van der Waals surface area contributed by atoms with Gasteiger partial charge in [0.2, 0.25) is 15.9 Å². The molecule has 35 heavy (non-hydrogen) atoms. The molecule has 1 amide bonds. The van der Waals surface area contributed by atoms with Gasteiger partial charge in [0.25, 0.3) is 5.69 Å². The van der Waals surface area contributed by atoms with Crippen LogP contribution in [0.2, 0.25) is 0 Å². The molecule has 1 saturated carbocycles. The third kappa shape index (κ3) is 6.78. The Morgan fingerprint density at radius 2 is 1.80 bits per heavy atom. The van der Waals surface area contributed by atoms with E-state index < -0.39 is 20.9 Å². The van der Waals surface area contributed by atoms with Crippen LogP contribution in [0.4, 0.5) is 11.4 Å². The number of nitro benzene ring substituents is 1. The Morgan fingerprint density at radius 3 is 2.43 bits per heavy atom. The third-order valence-corrected chi connectivity index (χ3v) is 8.77. The predicted octanol–water partition coefficient (Wildman–Crippen LogP) is 4.38. The number of piperidine rings is 1. The smallest absolute Gasteiger partial charge is 0.270 e. The van der Waals surface area contributed by atoms with Crippen molar-refractivity contribution in [2.24, 2.45) is 11.0 Å². The van der Waals surface area contributed by atoms with Gasteiger partial charge in [0.1, 0.15) is 4.90 Å². The number of carbonyl (C=O) groups excluding carboxylic acids is 1. The lowest BCUT2D eigenvalue weighted by Gasteiger charge is -2.34. The first-order valence-electron chi connectivity index (χ1n) is 12.7. The minimum absolute atomic E-state index is 0.0528. The van der Waals surface area contributed by atoms with E-state index in [1.54, 1.807) is 4.90 Å². The lowest BCUT2D eigenvalue weighted by molar-refractivity contribution is -0.385. The van der Waals surface area contributed by atoms with Crippen molar-refractivity contribution in [2.45, 2.75) is 76.5 Å². The molecule has 1 atom stereocenters. The van der Waals surface area contributed by atoms with E-state index in [0.29, 0.717) is 25.9 Å². The quantitative estimate of drug-likeness (QED) is 0.411. The predicted molar refractivity (Wildman–Crippen MR) is 136 cm³/mol. The summed E-state index contributed by atoms with van der Waals surface area (Å²) in [5.41, 5.74) is 3.78. The summed E-state index contributed by atoms with van der Waals surface area (Å²) < 4.78 is 28.7. The average molecular weight is 508 g/mol. The topological polar surface area (TPSA) is 125 Å². The second-order valence-electron chi connectivity index (χ2n) is 9.21. The summed E-state index contributed by atoms with van der Waals surface area (Å²) in [7, 11) is -4.09. The number of benzene rings is 1. The molecule has 10 nitrogen and oxygen atoms in total. The number of nitro groups is 1. The van der Waals surface area contributed by atoms with Gasteiger partial charge in [0.05, 0.1) is 16.5 Å². The van der Waals surface area contributed by atoms with Crippen molar-refractivity contribution in [1.29, 1.82) is 0 Å². The summed E-state index contributed by atoms with van der Waals surface area (Å²) >= 11 is 0. The van der Waals surface area contributed by atoms with Crippen LogP contribution in [-0.2, 0) is 14.8 Å². The van der Waals surface area contributed by atoms with Crippen LogP contribution >= 0.6 is 0 Å². The fourth-order valence-corrected chi connectivity index (χ4v) is 6.47. The zero-order chi connectivity index (χ0) is 25.4. The number of amides is 1. The monoisotopic (exact) mass is 507 g/mol. The maximum Gasteiger partial charge on any atom is 0.270 e. The van der Waals surface area contributed by atoms with Gasteiger partial charge in [-0.05, 0) is 58.4 Å². The normalized spacial score (nSPS) is 19.9. The minimum atomic E-state index is -4.09. The summed E-state index contributed by atoms with van der Waals surface area (Å²) in [4.78, 5) is 25.2. The highest BCUT2D eigenvalue weighted by Gasteiger charge is 2.36. The van der Waals surface area contributed by atoms with Crippen LogP contribution in [0, 0.1) is 16.0 Å². The molecule has 1 aromatic carbocycles. The standard InChI is InChI=1S/C24H37N5O5S/c1-3-27(4-2)24(30)19-11-10-16-28(18-19)35(33,34)23-17-21(29(31)32)14-15-22(23)26-25-20-12-8-6-5-7-9-13-20/h14-15,17,19,26H,3-13,16,18H2,1-2H3/t19-/m0/s1. The summed E-state index contributed by atoms with van der Waals surface area (Å²) in [6.07, 6.45) is 8.48. The molecule has 2 fully saturated rings. The van der Waals surface area contributed by atoms with Gasteiger partial charge in [0, 0.05) is 44.0 Å². The van der Waals surface area contributed by atoms with Gasteiger partial charge >= 0.3 is 0 Å². The molecule has 1 heterocycles. The highest BCUT2D eigenvalue weighted by Crippen LogP contribution is 2.32.